The van der Waals surface area contributed by atoms with Gasteiger partial charge in [0.1, 0.15) is 5.65 Å². The molecule has 0 unspecified atom stereocenters. The van der Waals surface area contributed by atoms with E-state index >= 15 is 0 Å². The van der Waals surface area contributed by atoms with Gasteiger partial charge in [-0.15, -0.1) is 0 Å². The normalized spacial score (nSPS) is 15.7. The van der Waals surface area contributed by atoms with Gasteiger partial charge in [0.25, 0.3) is 0 Å². The van der Waals surface area contributed by atoms with Crippen molar-refractivity contribution < 1.29 is 14.4 Å². The van der Waals surface area contributed by atoms with Crippen LogP contribution in [0.15, 0.2) is 24.5 Å². The monoisotopic (exact) mass is 258 g/mol. The zero-order chi connectivity index (χ0) is 13.4. The van der Waals surface area contributed by atoms with Gasteiger partial charge in [0, 0.05) is 24.7 Å². The maximum Gasteiger partial charge on any atom is 0.329 e. The number of imidazole rings is 1. The van der Waals surface area contributed by atoms with Gasteiger partial charge in [0.05, 0.1) is 6.20 Å². The molecule has 0 aromatic carbocycles. The van der Waals surface area contributed by atoms with Crippen molar-refractivity contribution in [1.82, 2.24) is 14.7 Å². The second-order valence-corrected chi connectivity index (χ2v) is 4.20. The molecule has 0 saturated carbocycles. The highest BCUT2D eigenvalue weighted by Crippen LogP contribution is 2.17. The number of aldehydes is 1. The van der Waals surface area contributed by atoms with Crippen LogP contribution in [0.4, 0.5) is 10.6 Å². The molecular weight excluding hydrogens is 248 g/mol. The van der Waals surface area contributed by atoms with E-state index < -0.39 is 6.03 Å². The number of urea groups is 1. The third-order valence-electron chi connectivity index (χ3n) is 2.93. The molecular formula is C12H10N4O3. The summed E-state index contributed by atoms with van der Waals surface area (Å²) in [6.45, 7) is 0.301. The molecule has 0 atom stereocenters. The Labute approximate surface area is 107 Å². The van der Waals surface area contributed by atoms with E-state index in [0.29, 0.717) is 23.6 Å². The van der Waals surface area contributed by atoms with E-state index in [1.54, 1.807) is 28.9 Å². The molecule has 1 aliphatic heterocycles. The summed E-state index contributed by atoms with van der Waals surface area (Å²) in [5, 5.41) is 2.24. The van der Waals surface area contributed by atoms with Crippen molar-refractivity contribution in [2.75, 3.05) is 11.4 Å². The highest BCUT2D eigenvalue weighted by molar-refractivity contribution is 6.05. The van der Waals surface area contributed by atoms with E-state index in [0.717, 1.165) is 6.29 Å². The fourth-order valence-corrected chi connectivity index (χ4v) is 1.98. The predicted octanol–water partition coefficient (Wildman–Crippen LogP) is 0.593. The number of aromatic nitrogens is 2. The lowest BCUT2D eigenvalue weighted by Gasteiger charge is -2.24. The van der Waals surface area contributed by atoms with Crippen LogP contribution in [0, 0.1) is 0 Å². The molecule has 0 aliphatic carbocycles. The Bertz CT molecular complexity index is 691. The number of carbonyl (C=O) groups is 3. The number of pyridine rings is 1. The molecule has 3 rings (SSSR count). The first-order valence-electron chi connectivity index (χ1n) is 5.72. The summed E-state index contributed by atoms with van der Waals surface area (Å²) in [5.74, 6) is 0.168. The molecule has 0 spiro atoms. The standard InChI is InChI=1S/C12H10N4O3/c17-7-8-1-2-9-13-10(6-15(9)5-8)16-4-3-11(18)14-12(16)19/h1-2,5-7H,3-4H2,(H,14,18,19). The Balaban J connectivity index is 1.99. The fraction of sp³-hybridized carbons (Fsp3) is 0.167. The second-order valence-electron chi connectivity index (χ2n) is 4.20. The van der Waals surface area contributed by atoms with Crippen LogP contribution in [-0.2, 0) is 4.79 Å². The van der Waals surface area contributed by atoms with Gasteiger partial charge in [-0.05, 0) is 12.1 Å². The molecule has 0 bridgehead atoms. The first-order chi connectivity index (χ1) is 9.17. The van der Waals surface area contributed by atoms with Crippen LogP contribution in [0.5, 0.6) is 0 Å². The minimum absolute atomic E-state index is 0.249. The number of carbonyl (C=O) groups excluding carboxylic acids is 3. The first kappa shape index (κ1) is 11.4. The lowest BCUT2D eigenvalue weighted by Crippen LogP contribution is -2.49. The van der Waals surface area contributed by atoms with Gasteiger partial charge in [-0.2, -0.15) is 0 Å². The number of nitrogens with zero attached hydrogens (tertiary/aromatic N) is 3. The topological polar surface area (TPSA) is 83.8 Å². The van der Waals surface area contributed by atoms with Crippen molar-refractivity contribution in [2.45, 2.75) is 6.42 Å². The lowest BCUT2D eigenvalue weighted by atomic mass is 10.3. The number of anilines is 1. The van der Waals surface area contributed by atoms with Crippen molar-refractivity contribution in [3.63, 3.8) is 0 Å². The molecule has 96 valence electrons. The smallest absolute Gasteiger partial charge is 0.304 e. The zero-order valence-electron chi connectivity index (χ0n) is 9.87. The number of rotatable bonds is 2. The van der Waals surface area contributed by atoms with Gasteiger partial charge >= 0.3 is 6.03 Å². The molecule has 0 radical (unpaired) electrons. The minimum atomic E-state index is -0.477. The van der Waals surface area contributed by atoms with E-state index in [1.807, 2.05) is 0 Å². The SMILES string of the molecule is O=Cc1ccc2nc(N3CCC(=O)NC3=O)cn2c1. The number of fused-ring (bicyclic) bond motifs is 1. The van der Waals surface area contributed by atoms with Crippen molar-refractivity contribution in [1.29, 1.82) is 0 Å². The van der Waals surface area contributed by atoms with Crippen molar-refractivity contribution in [3.05, 3.63) is 30.1 Å². The van der Waals surface area contributed by atoms with Crippen LogP contribution in [-0.4, -0.2) is 34.2 Å². The average molecular weight is 258 g/mol. The number of nitrogens with one attached hydrogen (secondary N) is 1. The van der Waals surface area contributed by atoms with E-state index in [-0.39, 0.29) is 12.3 Å². The maximum atomic E-state index is 11.7. The largest absolute Gasteiger partial charge is 0.329 e. The second kappa shape index (κ2) is 4.20. The third kappa shape index (κ3) is 1.95. The van der Waals surface area contributed by atoms with Gasteiger partial charge < -0.3 is 4.40 Å². The molecule has 1 fully saturated rings. The van der Waals surface area contributed by atoms with Crippen molar-refractivity contribution in [2.24, 2.45) is 0 Å². The van der Waals surface area contributed by atoms with Crippen LogP contribution in [0.1, 0.15) is 16.8 Å². The van der Waals surface area contributed by atoms with Crippen LogP contribution in [0.25, 0.3) is 5.65 Å². The number of imide groups is 1. The van der Waals surface area contributed by atoms with E-state index in [9.17, 15) is 14.4 Å². The summed E-state index contributed by atoms with van der Waals surface area (Å²) in [5.41, 5.74) is 1.15. The molecule has 1 N–H and O–H groups in total. The quantitative estimate of drug-likeness (QED) is 0.799. The molecule has 7 heteroatoms. The highest BCUT2D eigenvalue weighted by atomic mass is 16.2. The van der Waals surface area contributed by atoms with E-state index in [4.69, 9.17) is 0 Å². The third-order valence-corrected chi connectivity index (χ3v) is 2.93. The van der Waals surface area contributed by atoms with Crippen LogP contribution in [0.3, 0.4) is 0 Å². The Morgan fingerprint density at radius 1 is 1.26 bits per heavy atom. The van der Waals surface area contributed by atoms with Crippen LogP contribution in [0.2, 0.25) is 0 Å². The molecule has 19 heavy (non-hydrogen) atoms. The summed E-state index contributed by atoms with van der Waals surface area (Å²) in [7, 11) is 0. The highest BCUT2D eigenvalue weighted by Gasteiger charge is 2.25. The summed E-state index contributed by atoms with van der Waals surface area (Å²) in [4.78, 5) is 39.2. The molecule has 3 amide bonds. The van der Waals surface area contributed by atoms with Gasteiger partial charge in [-0.1, -0.05) is 0 Å². The van der Waals surface area contributed by atoms with Crippen molar-refractivity contribution >= 4 is 29.7 Å². The van der Waals surface area contributed by atoms with Crippen LogP contribution < -0.4 is 10.2 Å². The fourth-order valence-electron chi connectivity index (χ4n) is 1.98. The molecule has 1 aliphatic rings. The Kier molecular flexibility index (Phi) is 2.52. The Hall–Kier alpha value is -2.70. The van der Waals surface area contributed by atoms with Gasteiger partial charge in [0.15, 0.2) is 12.1 Å². The summed E-state index contributed by atoms with van der Waals surface area (Å²) < 4.78 is 1.67. The summed E-state index contributed by atoms with van der Waals surface area (Å²) >= 11 is 0. The molecule has 7 nitrogen and oxygen atoms in total. The van der Waals surface area contributed by atoms with Gasteiger partial charge in [0.2, 0.25) is 5.91 Å². The Morgan fingerprint density at radius 2 is 2.11 bits per heavy atom. The summed E-state index contributed by atoms with van der Waals surface area (Å²) in [6.07, 6.45) is 4.27. The number of amides is 3. The number of hydrogen-bond acceptors (Lipinski definition) is 4. The molecule has 1 saturated heterocycles. The molecule has 2 aromatic rings. The molecule has 3 heterocycles. The zero-order valence-corrected chi connectivity index (χ0v) is 9.87. The minimum Gasteiger partial charge on any atom is -0.304 e. The van der Waals surface area contributed by atoms with E-state index in [1.165, 1.54) is 4.90 Å². The van der Waals surface area contributed by atoms with Gasteiger partial charge in [-0.25, -0.2) is 9.78 Å². The van der Waals surface area contributed by atoms with Gasteiger partial charge in [-0.3, -0.25) is 19.8 Å². The Morgan fingerprint density at radius 3 is 2.84 bits per heavy atom. The first-order valence-corrected chi connectivity index (χ1v) is 5.72. The lowest BCUT2D eigenvalue weighted by molar-refractivity contribution is -0.120. The molecule has 2 aromatic heterocycles. The van der Waals surface area contributed by atoms with Crippen molar-refractivity contribution in [3.8, 4) is 0 Å². The average Bonchev–Trinajstić information content (AvgIpc) is 2.80. The summed E-state index contributed by atoms with van der Waals surface area (Å²) in [6, 6.07) is 2.87. The maximum absolute atomic E-state index is 11.7. The van der Waals surface area contributed by atoms with Crippen LogP contribution >= 0.6 is 0 Å². The van der Waals surface area contributed by atoms with E-state index in [2.05, 4.69) is 10.3 Å². The predicted molar refractivity (Wildman–Crippen MR) is 66.1 cm³/mol. The number of hydrogen-bond donors (Lipinski definition) is 1.